The van der Waals surface area contributed by atoms with Gasteiger partial charge in [0.2, 0.25) is 5.91 Å². The first-order valence-corrected chi connectivity index (χ1v) is 8.76. The summed E-state index contributed by atoms with van der Waals surface area (Å²) in [5, 5.41) is 11.2. The molecule has 0 aromatic heterocycles. The molecule has 3 rings (SSSR count). The fourth-order valence-corrected chi connectivity index (χ4v) is 2.97. The molecule has 132 valence electrons. The Hall–Kier alpha value is -2.23. The number of rotatable bonds is 8. The number of carbonyl (C=O) groups excluding carboxylic acids is 1. The summed E-state index contributed by atoms with van der Waals surface area (Å²) < 4.78 is 5.39. The summed E-state index contributed by atoms with van der Waals surface area (Å²) in [6.07, 6.45) is 7.66. The van der Waals surface area contributed by atoms with Crippen molar-refractivity contribution in [2.45, 2.75) is 37.9 Å². The summed E-state index contributed by atoms with van der Waals surface area (Å²) in [6.45, 7) is 4.19. The van der Waals surface area contributed by atoms with Crippen molar-refractivity contribution in [3.63, 3.8) is 0 Å². The molecule has 1 saturated heterocycles. The highest BCUT2D eigenvalue weighted by atomic mass is 16.5. The first kappa shape index (κ1) is 17.6. The summed E-state index contributed by atoms with van der Waals surface area (Å²) in [7, 11) is 0. The maximum atomic E-state index is 12.3. The molecule has 2 aliphatic rings. The smallest absolute Gasteiger partial charge is 0.224 e. The van der Waals surface area contributed by atoms with Crippen molar-refractivity contribution in [2.75, 3.05) is 31.6 Å². The van der Waals surface area contributed by atoms with E-state index >= 15 is 0 Å². The van der Waals surface area contributed by atoms with E-state index < -0.39 is 5.66 Å². The van der Waals surface area contributed by atoms with Crippen LogP contribution in [0.1, 0.15) is 31.2 Å². The minimum Gasteiger partial charge on any atom is -0.379 e. The molecule has 0 aliphatic carbocycles. The third kappa shape index (κ3) is 5.12. The number of para-hydroxylation sites is 1. The summed E-state index contributed by atoms with van der Waals surface area (Å²) >= 11 is 0. The molecule has 0 atom stereocenters. The third-order valence-electron chi connectivity index (χ3n) is 4.59. The fourth-order valence-electron chi connectivity index (χ4n) is 2.97. The number of nitrogens with zero attached hydrogens (tertiary/aromatic N) is 3. The Bertz CT molecular complexity index is 668. The van der Waals surface area contributed by atoms with Gasteiger partial charge in [-0.05, 0) is 11.6 Å². The molecule has 1 N–H and O–H groups in total. The summed E-state index contributed by atoms with van der Waals surface area (Å²) in [5.74, 6) is 2.60. The maximum absolute atomic E-state index is 12.3. The number of morpholine rings is 1. The number of hydrogen-bond acceptors (Lipinski definition) is 5. The van der Waals surface area contributed by atoms with Gasteiger partial charge in [0.25, 0.3) is 0 Å². The number of nitrogens with one attached hydrogen (secondary N) is 1. The minimum absolute atomic E-state index is 0.00758. The van der Waals surface area contributed by atoms with Gasteiger partial charge in [-0.3, -0.25) is 9.69 Å². The molecule has 1 amide bonds. The standard InChI is InChI=1S/C19H24N4O2/c1-2-3-9-19(21-22-19)10-8-18(24)20-17-7-5-4-6-16(17)15-23-11-13-25-14-12-23/h1,4-7H,3,8-15H2,(H,20,24). The molecule has 0 unspecified atom stereocenters. The van der Waals surface area contributed by atoms with Crippen LogP contribution in [-0.4, -0.2) is 42.8 Å². The molecule has 6 heteroatoms. The quantitative estimate of drug-likeness (QED) is 0.740. The van der Waals surface area contributed by atoms with Gasteiger partial charge in [-0.25, -0.2) is 0 Å². The van der Waals surface area contributed by atoms with Crippen molar-refractivity contribution >= 4 is 11.6 Å². The largest absolute Gasteiger partial charge is 0.379 e. The van der Waals surface area contributed by atoms with Gasteiger partial charge >= 0.3 is 0 Å². The summed E-state index contributed by atoms with van der Waals surface area (Å²) in [4.78, 5) is 14.7. The molecular formula is C19H24N4O2. The lowest BCUT2D eigenvalue weighted by Crippen LogP contribution is -2.35. The van der Waals surface area contributed by atoms with Gasteiger partial charge in [0.05, 0.1) is 13.2 Å². The number of benzene rings is 1. The van der Waals surface area contributed by atoms with Crippen LogP contribution in [0.25, 0.3) is 0 Å². The molecule has 0 spiro atoms. The average Bonchev–Trinajstić information content (AvgIpc) is 3.41. The van der Waals surface area contributed by atoms with Gasteiger partial charge in [0.1, 0.15) is 0 Å². The van der Waals surface area contributed by atoms with Gasteiger partial charge < -0.3 is 10.1 Å². The lowest BCUT2D eigenvalue weighted by atomic mass is 10.0. The zero-order valence-electron chi connectivity index (χ0n) is 14.4. The van der Waals surface area contributed by atoms with E-state index in [4.69, 9.17) is 11.2 Å². The molecule has 0 radical (unpaired) electrons. The molecule has 2 aliphatic heterocycles. The Kier molecular flexibility index (Phi) is 5.79. The number of anilines is 1. The van der Waals surface area contributed by atoms with Crippen LogP contribution in [0.4, 0.5) is 5.69 Å². The van der Waals surface area contributed by atoms with E-state index in [2.05, 4.69) is 32.4 Å². The second kappa shape index (κ2) is 8.24. The van der Waals surface area contributed by atoms with Crippen LogP contribution >= 0.6 is 0 Å². The van der Waals surface area contributed by atoms with E-state index in [0.717, 1.165) is 50.5 Å². The number of carbonyl (C=O) groups is 1. The van der Waals surface area contributed by atoms with E-state index in [1.54, 1.807) is 0 Å². The highest BCUT2D eigenvalue weighted by Gasteiger charge is 2.39. The number of terminal acetylenes is 1. The molecule has 0 bridgehead atoms. The number of amides is 1. The van der Waals surface area contributed by atoms with E-state index in [0.29, 0.717) is 19.3 Å². The SMILES string of the molecule is C#CCCC1(CCC(=O)Nc2ccccc2CN2CCOCC2)N=N1. The highest BCUT2D eigenvalue weighted by Crippen LogP contribution is 2.37. The zero-order valence-corrected chi connectivity index (χ0v) is 14.4. The number of hydrogen-bond donors (Lipinski definition) is 1. The van der Waals surface area contributed by atoms with Crippen LogP contribution in [-0.2, 0) is 16.1 Å². The number of ether oxygens (including phenoxy) is 1. The van der Waals surface area contributed by atoms with Gasteiger partial charge in [-0.1, -0.05) is 18.2 Å². The highest BCUT2D eigenvalue weighted by molar-refractivity contribution is 5.91. The van der Waals surface area contributed by atoms with E-state index in [-0.39, 0.29) is 5.91 Å². The Balaban J connectivity index is 1.52. The van der Waals surface area contributed by atoms with Crippen LogP contribution in [0.3, 0.4) is 0 Å². The lowest BCUT2D eigenvalue weighted by Gasteiger charge is -2.27. The summed E-state index contributed by atoms with van der Waals surface area (Å²) in [6, 6.07) is 7.96. The molecule has 6 nitrogen and oxygen atoms in total. The predicted octanol–water partition coefficient (Wildman–Crippen LogP) is 2.81. The zero-order chi connectivity index (χ0) is 17.5. The van der Waals surface area contributed by atoms with E-state index in [1.807, 2.05) is 18.2 Å². The fraction of sp³-hybridized carbons (Fsp3) is 0.526. The summed E-state index contributed by atoms with van der Waals surface area (Å²) in [5.41, 5.74) is 1.60. The average molecular weight is 340 g/mol. The molecule has 0 saturated carbocycles. The van der Waals surface area contributed by atoms with Crippen molar-refractivity contribution in [3.8, 4) is 12.3 Å². The van der Waals surface area contributed by atoms with Crippen molar-refractivity contribution < 1.29 is 9.53 Å². The van der Waals surface area contributed by atoms with Crippen molar-refractivity contribution in [1.29, 1.82) is 0 Å². The van der Waals surface area contributed by atoms with Crippen molar-refractivity contribution in [1.82, 2.24) is 4.90 Å². The van der Waals surface area contributed by atoms with Crippen LogP contribution in [0.5, 0.6) is 0 Å². The normalized spacial score (nSPS) is 18.5. The second-order valence-corrected chi connectivity index (χ2v) is 6.48. The molecule has 1 aromatic rings. The van der Waals surface area contributed by atoms with E-state index in [9.17, 15) is 4.79 Å². The first-order chi connectivity index (χ1) is 12.2. The monoisotopic (exact) mass is 340 g/mol. The van der Waals surface area contributed by atoms with E-state index in [1.165, 1.54) is 0 Å². The van der Waals surface area contributed by atoms with Crippen LogP contribution in [0.2, 0.25) is 0 Å². The van der Waals surface area contributed by atoms with Crippen LogP contribution in [0, 0.1) is 12.3 Å². The Morgan fingerprint density at radius 3 is 2.76 bits per heavy atom. The Labute approximate surface area is 148 Å². The molecule has 1 aromatic carbocycles. The first-order valence-electron chi connectivity index (χ1n) is 8.76. The third-order valence-corrected chi connectivity index (χ3v) is 4.59. The maximum Gasteiger partial charge on any atom is 0.224 e. The van der Waals surface area contributed by atoms with Gasteiger partial charge in [0.15, 0.2) is 5.66 Å². The topological polar surface area (TPSA) is 66.3 Å². The van der Waals surface area contributed by atoms with Crippen molar-refractivity contribution in [2.24, 2.45) is 10.2 Å². The Morgan fingerprint density at radius 1 is 1.28 bits per heavy atom. The molecular weight excluding hydrogens is 316 g/mol. The van der Waals surface area contributed by atoms with Gasteiger partial charge in [-0.2, -0.15) is 10.2 Å². The molecule has 2 heterocycles. The van der Waals surface area contributed by atoms with Gasteiger partial charge in [0, 0.05) is 51.0 Å². The predicted molar refractivity (Wildman–Crippen MR) is 96.1 cm³/mol. The lowest BCUT2D eigenvalue weighted by molar-refractivity contribution is -0.116. The minimum atomic E-state index is -0.406. The van der Waals surface area contributed by atoms with Crippen LogP contribution < -0.4 is 5.32 Å². The second-order valence-electron chi connectivity index (χ2n) is 6.48. The van der Waals surface area contributed by atoms with Gasteiger partial charge in [-0.15, -0.1) is 12.3 Å². The van der Waals surface area contributed by atoms with Crippen molar-refractivity contribution in [3.05, 3.63) is 29.8 Å². The Morgan fingerprint density at radius 2 is 2.04 bits per heavy atom. The molecule has 1 fully saturated rings. The molecule has 25 heavy (non-hydrogen) atoms. The van der Waals surface area contributed by atoms with Crippen LogP contribution in [0.15, 0.2) is 34.5 Å².